The van der Waals surface area contributed by atoms with Gasteiger partial charge in [-0.2, -0.15) is 22.5 Å². The van der Waals surface area contributed by atoms with Crippen LogP contribution in [0, 0.1) is 11.2 Å². The molecule has 0 bridgehead atoms. The van der Waals surface area contributed by atoms with E-state index >= 15 is 0 Å². The van der Waals surface area contributed by atoms with E-state index in [0.717, 1.165) is 23.4 Å². The van der Waals surface area contributed by atoms with E-state index in [1.165, 1.54) is 30.5 Å². The van der Waals surface area contributed by atoms with E-state index in [2.05, 4.69) is 23.7 Å². The van der Waals surface area contributed by atoms with Crippen LogP contribution in [0.2, 0.25) is 0 Å². The summed E-state index contributed by atoms with van der Waals surface area (Å²) in [7, 11) is -0.557. The molecule has 1 heterocycles. The minimum Gasteiger partial charge on any atom is -0.237 e. The largest absolute Gasteiger partial charge is 0.279 e. The third kappa shape index (κ3) is 3.61. The number of hydrogen-bond acceptors (Lipinski definition) is 3. The Kier molecular flexibility index (Phi) is 4.47. The predicted molar refractivity (Wildman–Crippen MR) is 94.1 cm³/mol. The molecule has 1 aliphatic carbocycles. The quantitative estimate of drug-likeness (QED) is 0.904. The highest BCUT2D eigenvalue weighted by Crippen LogP contribution is 2.41. The van der Waals surface area contributed by atoms with Gasteiger partial charge in [0.2, 0.25) is 0 Å². The van der Waals surface area contributed by atoms with Gasteiger partial charge in [0, 0.05) is 25.4 Å². The Morgan fingerprint density at radius 2 is 1.92 bits per heavy atom. The highest BCUT2D eigenvalue weighted by Gasteiger charge is 2.37. The number of benzene rings is 1. The molecule has 1 aromatic heterocycles. The first-order chi connectivity index (χ1) is 11.6. The molecule has 1 aromatic carbocycles. The van der Waals surface area contributed by atoms with E-state index in [1.807, 2.05) is 0 Å². The lowest BCUT2D eigenvalue weighted by atomic mass is 9.74. The third-order valence-corrected chi connectivity index (χ3v) is 6.07. The Bertz CT molecular complexity index is 873. The lowest BCUT2D eigenvalue weighted by molar-refractivity contribution is 0.267. The van der Waals surface area contributed by atoms with Gasteiger partial charge in [-0.1, -0.05) is 13.8 Å². The van der Waals surface area contributed by atoms with Crippen LogP contribution >= 0.6 is 0 Å². The average molecular weight is 366 g/mol. The molecule has 0 fully saturated rings. The van der Waals surface area contributed by atoms with Crippen molar-refractivity contribution < 1.29 is 12.8 Å². The molecule has 0 spiro atoms. The molecule has 0 radical (unpaired) electrons. The molecule has 3 rings (SSSR count). The van der Waals surface area contributed by atoms with Crippen LogP contribution in [0.15, 0.2) is 30.5 Å². The molecule has 0 amide bonds. The minimum atomic E-state index is -3.56. The van der Waals surface area contributed by atoms with Crippen LogP contribution in [0.3, 0.4) is 0 Å². The standard InChI is InChI=1S/C17H23FN4O2S/c1-17(2)9-15(20-25(23,24)21(3)4)14-11-19-22(16(14)10-17)13-7-5-12(18)6-8-13/h5-8,11,15,20H,9-10H2,1-4H3. The Morgan fingerprint density at radius 1 is 1.28 bits per heavy atom. The first-order valence-electron chi connectivity index (χ1n) is 8.12. The van der Waals surface area contributed by atoms with Crippen molar-refractivity contribution in [2.75, 3.05) is 14.1 Å². The maximum absolute atomic E-state index is 13.2. The van der Waals surface area contributed by atoms with Crippen LogP contribution in [0.5, 0.6) is 0 Å². The van der Waals surface area contributed by atoms with Gasteiger partial charge in [0.05, 0.1) is 17.9 Å². The molecule has 1 N–H and O–H groups in total. The zero-order valence-corrected chi connectivity index (χ0v) is 15.6. The summed E-state index contributed by atoms with van der Waals surface area (Å²) in [5, 5.41) is 4.43. The summed E-state index contributed by atoms with van der Waals surface area (Å²) < 4.78 is 43.5. The van der Waals surface area contributed by atoms with Crippen molar-refractivity contribution in [2.24, 2.45) is 5.41 Å². The SMILES string of the molecule is CN(C)S(=O)(=O)NC1CC(C)(C)Cc2c1cnn2-c1ccc(F)cc1. The van der Waals surface area contributed by atoms with Gasteiger partial charge in [-0.3, -0.25) is 0 Å². The number of nitrogens with zero attached hydrogens (tertiary/aromatic N) is 3. The van der Waals surface area contributed by atoms with Crippen molar-refractivity contribution in [1.82, 2.24) is 18.8 Å². The zero-order chi connectivity index (χ0) is 18.4. The van der Waals surface area contributed by atoms with Gasteiger partial charge in [0.1, 0.15) is 5.82 Å². The fraction of sp³-hybridized carbons (Fsp3) is 0.471. The molecule has 1 aliphatic rings. The highest BCUT2D eigenvalue weighted by molar-refractivity contribution is 7.87. The van der Waals surface area contributed by atoms with Crippen molar-refractivity contribution in [3.05, 3.63) is 47.5 Å². The molecular formula is C17H23FN4O2S. The Balaban J connectivity index is 2.03. The molecule has 1 unspecified atom stereocenters. The number of rotatable bonds is 4. The monoisotopic (exact) mass is 366 g/mol. The fourth-order valence-corrected chi connectivity index (χ4v) is 4.02. The van der Waals surface area contributed by atoms with Crippen molar-refractivity contribution >= 4 is 10.2 Å². The van der Waals surface area contributed by atoms with Gasteiger partial charge in [0.15, 0.2) is 0 Å². The Morgan fingerprint density at radius 3 is 2.52 bits per heavy atom. The van der Waals surface area contributed by atoms with Crippen molar-refractivity contribution in [3.63, 3.8) is 0 Å². The summed E-state index contributed by atoms with van der Waals surface area (Å²) in [4.78, 5) is 0. The summed E-state index contributed by atoms with van der Waals surface area (Å²) in [6.07, 6.45) is 3.15. The highest BCUT2D eigenvalue weighted by atomic mass is 32.2. The van der Waals surface area contributed by atoms with Gasteiger partial charge in [-0.05, 0) is 42.5 Å². The minimum absolute atomic E-state index is 0.0929. The van der Waals surface area contributed by atoms with E-state index < -0.39 is 10.2 Å². The molecule has 136 valence electrons. The van der Waals surface area contributed by atoms with Gasteiger partial charge >= 0.3 is 0 Å². The number of nitrogens with one attached hydrogen (secondary N) is 1. The molecule has 8 heteroatoms. The van der Waals surface area contributed by atoms with Crippen LogP contribution in [-0.2, 0) is 16.6 Å². The van der Waals surface area contributed by atoms with Gasteiger partial charge in [-0.15, -0.1) is 0 Å². The van der Waals surface area contributed by atoms with E-state index in [0.29, 0.717) is 6.42 Å². The summed E-state index contributed by atoms with van der Waals surface area (Å²) >= 11 is 0. The molecule has 6 nitrogen and oxygen atoms in total. The molecule has 1 atom stereocenters. The summed E-state index contributed by atoms with van der Waals surface area (Å²) in [5.41, 5.74) is 2.49. The number of aromatic nitrogens is 2. The Labute approximate surface area is 147 Å². The lowest BCUT2D eigenvalue weighted by Crippen LogP contribution is -2.41. The van der Waals surface area contributed by atoms with Crippen LogP contribution in [0.25, 0.3) is 5.69 Å². The molecule has 2 aromatic rings. The van der Waals surface area contributed by atoms with Crippen LogP contribution in [0.1, 0.15) is 37.6 Å². The van der Waals surface area contributed by atoms with E-state index in [9.17, 15) is 12.8 Å². The smallest absolute Gasteiger partial charge is 0.237 e. The van der Waals surface area contributed by atoms with Crippen LogP contribution in [0.4, 0.5) is 4.39 Å². The van der Waals surface area contributed by atoms with Crippen LogP contribution in [-0.4, -0.2) is 36.6 Å². The third-order valence-electron chi connectivity index (χ3n) is 4.52. The first-order valence-corrected chi connectivity index (χ1v) is 9.56. The first kappa shape index (κ1) is 18.0. The maximum atomic E-state index is 13.2. The van der Waals surface area contributed by atoms with Crippen LogP contribution < -0.4 is 4.72 Å². The lowest BCUT2D eigenvalue weighted by Gasteiger charge is -2.36. The average Bonchev–Trinajstić information content (AvgIpc) is 2.90. The van der Waals surface area contributed by atoms with E-state index in [4.69, 9.17) is 0 Å². The summed E-state index contributed by atoms with van der Waals surface area (Å²) in [6, 6.07) is 5.78. The molecule has 0 saturated heterocycles. The zero-order valence-electron chi connectivity index (χ0n) is 14.8. The molecule has 0 aliphatic heterocycles. The van der Waals surface area contributed by atoms with Gasteiger partial charge in [-0.25, -0.2) is 9.07 Å². The van der Waals surface area contributed by atoms with Crippen molar-refractivity contribution in [1.29, 1.82) is 0 Å². The number of hydrogen-bond donors (Lipinski definition) is 1. The van der Waals surface area contributed by atoms with Crippen molar-refractivity contribution in [2.45, 2.75) is 32.7 Å². The molecule has 0 saturated carbocycles. The Hall–Kier alpha value is -1.77. The maximum Gasteiger partial charge on any atom is 0.279 e. The summed E-state index contributed by atoms with van der Waals surface area (Å²) in [6.45, 7) is 4.21. The summed E-state index contributed by atoms with van der Waals surface area (Å²) in [5.74, 6) is -0.304. The second kappa shape index (κ2) is 6.19. The van der Waals surface area contributed by atoms with E-state index in [-0.39, 0.29) is 17.3 Å². The predicted octanol–water partition coefficient (Wildman–Crippen LogP) is 2.42. The fourth-order valence-electron chi connectivity index (χ4n) is 3.24. The van der Waals surface area contributed by atoms with E-state index in [1.54, 1.807) is 23.0 Å². The number of fused-ring (bicyclic) bond motifs is 1. The molecule has 25 heavy (non-hydrogen) atoms. The normalized spacial score (nSPS) is 19.8. The van der Waals surface area contributed by atoms with Gasteiger partial charge in [0.25, 0.3) is 10.2 Å². The second-order valence-electron chi connectivity index (χ2n) is 7.44. The topological polar surface area (TPSA) is 67.2 Å². The second-order valence-corrected chi connectivity index (χ2v) is 9.35. The number of halogens is 1. The van der Waals surface area contributed by atoms with Crippen molar-refractivity contribution in [3.8, 4) is 5.69 Å². The van der Waals surface area contributed by atoms with Gasteiger partial charge < -0.3 is 0 Å². The molecular weight excluding hydrogens is 343 g/mol.